The number of carbonyl (C=O) groups is 1. The molecule has 1 N–H and O–H groups in total. The zero-order valence-corrected chi connectivity index (χ0v) is 17.3. The average Bonchev–Trinajstić information content (AvgIpc) is 2.78. The van der Waals surface area contributed by atoms with Crippen molar-refractivity contribution in [2.75, 3.05) is 60.1 Å². The quantitative estimate of drug-likeness (QED) is 0.456. The zero-order chi connectivity index (χ0) is 20.6. The van der Waals surface area contributed by atoms with E-state index in [-0.39, 0.29) is 23.7 Å². The Labute approximate surface area is 171 Å². The fraction of sp³-hybridized carbons (Fsp3) is 0.619. The van der Waals surface area contributed by atoms with Gasteiger partial charge in [0.2, 0.25) is 0 Å². The van der Waals surface area contributed by atoms with Crippen LogP contribution in [0, 0.1) is 11.7 Å². The van der Waals surface area contributed by atoms with Gasteiger partial charge in [-0.1, -0.05) is 12.1 Å². The molecule has 0 saturated carbocycles. The minimum atomic E-state index is -0.230. The predicted molar refractivity (Wildman–Crippen MR) is 109 cm³/mol. The smallest absolute Gasteiger partial charge is 0.308 e. The molecule has 2 aliphatic heterocycles. The summed E-state index contributed by atoms with van der Waals surface area (Å²) >= 11 is 0. The lowest BCUT2D eigenvalue weighted by Crippen LogP contribution is -2.49. The average molecular weight is 407 g/mol. The number of rotatable bonds is 5. The zero-order valence-electron chi connectivity index (χ0n) is 17.3. The third-order valence-corrected chi connectivity index (χ3v) is 5.74. The number of guanidine groups is 1. The number of morpholine rings is 1. The van der Waals surface area contributed by atoms with E-state index in [2.05, 4.69) is 20.1 Å². The van der Waals surface area contributed by atoms with Crippen LogP contribution in [0.3, 0.4) is 0 Å². The molecule has 3 rings (SSSR count). The van der Waals surface area contributed by atoms with Gasteiger partial charge in [0.1, 0.15) is 5.82 Å². The molecule has 2 fully saturated rings. The largest absolute Gasteiger partial charge is 0.469 e. The van der Waals surface area contributed by atoms with Crippen molar-refractivity contribution in [3.63, 3.8) is 0 Å². The van der Waals surface area contributed by atoms with Gasteiger partial charge in [-0.3, -0.25) is 14.7 Å². The minimum absolute atomic E-state index is 0.0327. The van der Waals surface area contributed by atoms with Gasteiger partial charge >= 0.3 is 5.97 Å². The predicted octanol–water partition coefficient (Wildman–Crippen LogP) is 1.66. The van der Waals surface area contributed by atoms with Crippen molar-refractivity contribution in [2.24, 2.45) is 10.9 Å². The molecular weight excluding hydrogens is 375 g/mol. The summed E-state index contributed by atoms with van der Waals surface area (Å²) in [6, 6.07) is 6.82. The van der Waals surface area contributed by atoms with E-state index in [1.165, 1.54) is 19.2 Å². The van der Waals surface area contributed by atoms with Crippen LogP contribution in [0.25, 0.3) is 0 Å². The van der Waals surface area contributed by atoms with Gasteiger partial charge in [0, 0.05) is 39.8 Å². The highest BCUT2D eigenvalue weighted by atomic mass is 19.1. The van der Waals surface area contributed by atoms with Gasteiger partial charge < -0.3 is 19.7 Å². The second-order valence-electron chi connectivity index (χ2n) is 7.43. The Kier molecular flexibility index (Phi) is 7.83. The Balaban J connectivity index is 1.63. The first-order valence-corrected chi connectivity index (χ1v) is 10.2. The van der Waals surface area contributed by atoms with Gasteiger partial charge in [0.15, 0.2) is 5.96 Å². The summed E-state index contributed by atoms with van der Waals surface area (Å²) in [7, 11) is 3.22. The molecule has 1 aromatic carbocycles. The molecule has 160 valence electrons. The maximum atomic E-state index is 13.4. The minimum Gasteiger partial charge on any atom is -0.469 e. The van der Waals surface area contributed by atoms with Crippen LogP contribution >= 0.6 is 0 Å². The number of ether oxygens (including phenoxy) is 2. The molecule has 0 aromatic heterocycles. The number of carbonyl (C=O) groups excluding carboxylic acids is 1. The normalized spacial score (nSPS) is 20.4. The van der Waals surface area contributed by atoms with Crippen LogP contribution in [0.4, 0.5) is 4.39 Å². The molecule has 29 heavy (non-hydrogen) atoms. The first-order valence-electron chi connectivity index (χ1n) is 10.2. The van der Waals surface area contributed by atoms with E-state index in [9.17, 15) is 9.18 Å². The lowest BCUT2D eigenvalue weighted by Gasteiger charge is -2.37. The Bertz CT molecular complexity index is 684. The Hall–Kier alpha value is -2.19. The van der Waals surface area contributed by atoms with E-state index >= 15 is 0 Å². The number of benzene rings is 1. The van der Waals surface area contributed by atoms with Crippen molar-refractivity contribution in [1.29, 1.82) is 0 Å². The molecule has 2 heterocycles. The molecule has 1 aromatic rings. The Morgan fingerprint density at radius 1 is 1.24 bits per heavy atom. The Morgan fingerprint density at radius 3 is 2.48 bits per heavy atom. The van der Waals surface area contributed by atoms with Crippen molar-refractivity contribution >= 4 is 11.9 Å². The van der Waals surface area contributed by atoms with Crippen LogP contribution < -0.4 is 5.32 Å². The number of halogens is 1. The first kappa shape index (κ1) is 21.5. The maximum absolute atomic E-state index is 13.4. The molecule has 0 bridgehead atoms. The lowest BCUT2D eigenvalue weighted by molar-refractivity contribution is -0.146. The third kappa shape index (κ3) is 5.67. The number of aliphatic imine (C=N–C) groups is 1. The van der Waals surface area contributed by atoms with E-state index in [1.54, 1.807) is 7.05 Å². The van der Waals surface area contributed by atoms with Crippen LogP contribution in [-0.4, -0.2) is 81.8 Å². The second-order valence-corrected chi connectivity index (χ2v) is 7.43. The summed E-state index contributed by atoms with van der Waals surface area (Å²) in [6.45, 7) is 5.27. The van der Waals surface area contributed by atoms with Crippen LogP contribution in [0.15, 0.2) is 29.3 Å². The molecule has 0 amide bonds. The third-order valence-electron chi connectivity index (χ3n) is 5.74. The number of methoxy groups -OCH3 is 1. The number of nitrogens with one attached hydrogen (secondary N) is 1. The molecule has 2 saturated heterocycles. The number of hydrogen-bond acceptors (Lipinski definition) is 5. The second kappa shape index (κ2) is 10.5. The highest BCUT2D eigenvalue weighted by molar-refractivity contribution is 5.80. The standard InChI is InChI=1S/C21H31FN4O3/c1-23-21(26-9-7-17(8-10-26)20(27)28-2)24-15-19(25-11-13-29-14-12-25)16-3-5-18(22)6-4-16/h3-6,17,19H,7-15H2,1-2H3,(H,23,24). The van der Waals surface area contributed by atoms with Gasteiger partial charge in [0.25, 0.3) is 0 Å². The van der Waals surface area contributed by atoms with Gasteiger partial charge in [-0.15, -0.1) is 0 Å². The molecular formula is C21H31FN4O3. The lowest BCUT2D eigenvalue weighted by atomic mass is 9.97. The number of piperidine rings is 1. The molecule has 8 heteroatoms. The Morgan fingerprint density at radius 2 is 1.90 bits per heavy atom. The molecule has 1 atom stereocenters. The van der Waals surface area contributed by atoms with Crippen LogP contribution in [-0.2, 0) is 14.3 Å². The van der Waals surface area contributed by atoms with Crippen molar-refractivity contribution in [2.45, 2.75) is 18.9 Å². The molecule has 7 nitrogen and oxygen atoms in total. The molecule has 0 aliphatic carbocycles. The maximum Gasteiger partial charge on any atom is 0.308 e. The monoisotopic (exact) mass is 406 g/mol. The van der Waals surface area contributed by atoms with Crippen molar-refractivity contribution < 1.29 is 18.7 Å². The van der Waals surface area contributed by atoms with E-state index in [1.807, 2.05) is 12.1 Å². The summed E-state index contributed by atoms with van der Waals surface area (Å²) in [6.07, 6.45) is 1.52. The topological polar surface area (TPSA) is 66.4 Å². The number of nitrogens with zero attached hydrogens (tertiary/aromatic N) is 3. The summed E-state index contributed by atoms with van der Waals surface area (Å²) in [4.78, 5) is 20.7. The van der Waals surface area contributed by atoms with Crippen molar-refractivity contribution in [3.05, 3.63) is 35.6 Å². The number of hydrogen-bond donors (Lipinski definition) is 1. The molecule has 2 aliphatic rings. The van der Waals surface area contributed by atoms with Crippen LogP contribution in [0.2, 0.25) is 0 Å². The van der Waals surface area contributed by atoms with E-state index in [0.29, 0.717) is 19.8 Å². The fourth-order valence-electron chi connectivity index (χ4n) is 4.05. The summed E-state index contributed by atoms with van der Waals surface area (Å²) < 4.78 is 23.8. The highest BCUT2D eigenvalue weighted by Gasteiger charge is 2.28. The van der Waals surface area contributed by atoms with E-state index in [4.69, 9.17) is 9.47 Å². The highest BCUT2D eigenvalue weighted by Crippen LogP contribution is 2.22. The van der Waals surface area contributed by atoms with Gasteiger partial charge in [-0.05, 0) is 30.5 Å². The van der Waals surface area contributed by atoms with Crippen molar-refractivity contribution in [3.8, 4) is 0 Å². The van der Waals surface area contributed by atoms with E-state index in [0.717, 1.165) is 50.5 Å². The van der Waals surface area contributed by atoms with Crippen LogP contribution in [0.5, 0.6) is 0 Å². The van der Waals surface area contributed by atoms with Gasteiger partial charge in [-0.2, -0.15) is 0 Å². The number of likely N-dealkylation sites (tertiary alicyclic amines) is 1. The van der Waals surface area contributed by atoms with Gasteiger partial charge in [-0.25, -0.2) is 4.39 Å². The van der Waals surface area contributed by atoms with Gasteiger partial charge in [0.05, 0.1) is 32.3 Å². The first-order chi connectivity index (χ1) is 14.1. The number of esters is 1. The SMILES string of the molecule is CN=C(NCC(c1ccc(F)cc1)N1CCOCC1)N1CCC(C(=O)OC)CC1. The van der Waals surface area contributed by atoms with Crippen LogP contribution in [0.1, 0.15) is 24.4 Å². The van der Waals surface area contributed by atoms with Crippen molar-refractivity contribution in [1.82, 2.24) is 15.1 Å². The molecule has 0 spiro atoms. The molecule has 0 radical (unpaired) electrons. The summed E-state index contributed by atoms with van der Waals surface area (Å²) in [5.74, 6) is 0.436. The molecule has 1 unspecified atom stereocenters. The summed E-state index contributed by atoms with van der Waals surface area (Å²) in [5.41, 5.74) is 1.07. The fourth-order valence-corrected chi connectivity index (χ4v) is 4.05. The summed E-state index contributed by atoms with van der Waals surface area (Å²) in [5, 5.41) is 3.49. The van der Waals surface area contributed by atoms with E-state index < -0.39 is 0 Å².